The van der Waals surface area contributed by atoms with Crippen LogP contribution in [0.4, 0.5) is 9.93 Å². The van der Waals surface area contributed by atoms with Crippen LogP contribution in [0.5, 0.6) is 0 Å². The number of rotatable bonds is 11. The number of aryl methyl sites for hydroxylation is 1. The summed E-state index contributed by atoms with van der Waals surface area (Å²) in [5.74, 6) is 0. The van der Waals surface area contributed by atoms with Gasteiger partial charge < -0.3 is 0 Å². The fourth-order valence-electron chi connectivity index (χ4n) is 3.59. The van der Waals surface area contributed by atoms with Gasteiger partial charge in [-0.1, -0.05) is 0 Å². The molecule has 27 heavy (non-hydrogen) atoms. The van der Waals surface area contributed by atoms with Crippen molar-refractivity contribution in [1.29, 1.82) is 0 Å². The molecule has 1 aromatic rings. The van der Waals surface area contributed by atoms with Gasteiger partial charge in [-0.05, 0) is 0 Å². The predicted octanol–water partition coefficient (Wildman–Crippen LogP) is 6.85. The fourth-order valence-corrected chi connectivity index (χ4v) is 24.5. The maximum atomic E-state index is 12.2. The van der Waals surface area contributed by atoms with Gasteiger partial charge in [0.15, 0.2) is 0 Å². The SMILES string of the molecule is CCC[CH2][Sn]([CH2]CCC)([CH2]CCC)[c]1sc(NC(=O)OC(C)(C)C)nc1C. The zero-order chi connectivity index (χ0) is 20.5. The number of hydrogen-bond acceptors (Lipinski definition) is 4. The van der Waals surface area contributed by atoms with Crippen molar-refractivity contribution in [2.45, 2.75) is 106 Å². The Morgan fingerprint density at radius 3 is 1.93 bits per heavy atom. The molecule has 0 spiro atoms. The van der Waals surface area contributed by atoms with E-state index in [1.807, 2.05) is 20.8 Å². The van der Waals surface area contributed by atoms with Gasteiger partial charge in [0.2, 0.25) is 0 Å². The molecule has 0 atom stereocenters. The van der Waals surface area contributed by atoms with Gasteiger partial charge in [0.1, 0.15) is 0 Å². The Morgan fingerprint density at radius 1 is 1.04 bits per heavy atom. The molecule has 0 aliphatic carbocycles. The van der Waals surface area contributed by atoms with Crippen LogP contribution >= 0.6 is 11.3 Å². The van der Waals surface area contributed by atoms with Gasteiger partial charge in [-0.25, -0.2) is 0 Å². The predicted molar refractivity (Wildman–Crippen MR) is 121 cm³/mol. The molecule has 1 amide bonds. The summed E-state index contributed by atoms with van der Waals surface area (Å²) in [6.07, 6.45) is 7.37. The van der Waals surface area contributed by atoms with E-state index < -0.39 is 30.1 Å². The zero-order valence-corrected chi connectivity index (χ0v) is 22.2. The van der Waals surface area contributed by atoms with E-state index in [4.69, 9.17) is 9.72 Å². The first kappa shape index (κ1) is 24.7. The monoisotopic (exact) mass is 504 g/mol. The quantitative estimate of drug-likeness (QED) is 0.336. The van der Waals surface area contributed by atoms with Gasteiger partial charge in [-0.15, -0.1) is 0 Å². The molecular formula is C21H40N2O2SSn. The van der Waals surface area contributed by atoms with E-state index in [0.717, 1.165) is 5.69 Å². The summed E-state index contributed by atoms with van der Waals surface area (Å²) in [6, 6.07) is 0. The first-order chi connectivity index (χ1) is 12.7. The number of unbranched alkanes of at least 4 members (excludes halogenated alkanes) is 3. The van der Waals surface area contributed by atoms with E-state index in [1.54, 1.807) is 14.2 Å². The van der Waals surface area contributed by atoms with Gasteiger partial charge >= 0.3 is 175 Å². The summed E-state index contributed by atoms with van der Waals surface area (Å²) in [4.78, 5) is 16.9. The van der Waals surface area contributed by atoms with Crippen molar-refractivity contribution in [2.24, 2.45) is 0 Å². The molecule has 6 heteroatoms. The molecule has 156 valence electrons. The summed E-state index contributed by atoms with van der Waals surface area (Å²) < 4.78 is 11.2. The Labute approximate surface area is 174 Å². The third-order valence-electron chi connectivity index (χ3n) is 4.91. The number of aromatic nitrogens is 1. The molecule has 0 aliphatic heterocycles. The molecule has 1 N–H and O–H groups in total. The number of carbonyl (C=O) groups excluding carboxylic acids is 1. The number of thiazole rings is 1. The van der Waals surface area contributed by atoms with E-state index >= 15 is 0 Å². The van der Waals surface area contributed by atoms with Crippen LogP contribution in [0, 0.1) is 6.92 Å². The van der Waals surface area contributed by atoms with Crippen molar-refractivity contribution < 1.29 is 9.53 Å². The summed E-state index contributed by atoms with van der Waals surface area (Å²) >= 11 is -0.763. The van der Waals surface area contributed by atoms with Crippen molar-refractivity contribution in [3.05, 3.63) is 5.69 Å². The molecule has 0 fully saturated rings. The molecule has 1 heterocycles. The van der Waals surface area contributed by atoms with Crippen molar-refractivity contribution in [2.75, 3.05) is 5.32 Å². The normalized spacial score (nSPS) is 12.3. The number of nitrogens with one attached hydrogen (secondary N) is 1. The van der Waals surface area contributed by atoms with Crippen LogP contribution in [0.1, 0.15) is 85.8 Å². The minimum atomic E-state index is -2.51. The van der Waals surface area contributed by atoms with Crippen LogP contribution in [0.15, 0.2) is 0 Å². The summed E-state index contributed by atoms with van der Waals surface area (Å²) in [5.41, 5.74) is 0.663. The third-order valence-corrected chi connectivity index (χ3v) is 24.6. The molecule has 0 aromatic carbocycles. The Morgan fingerprint density at radius 2 is 1.52 bits per heavy atom. The zero-order valence-electron chi connectivity index (χ0n) is 18.5. The van der Waals surface area contributed by atoms with Crippen LogP contribution in [0.3, 0.4) is 0 Å². The van der Waals surface area contributed by atoms with E-state index in [1.165, 1.54) is 51.8 Å². The van der Waals surface area contributed by atoms with E-state index in [0.29, 0.717) is 5.13 Å². The number of carbonyl (C=O) groups is 1. The van der Waals surface area contributed by atoms with Crippen molar-refractivity contribution in [3.63, 3.8) is 0 Å². The average molecular weight is 503 g/mol. The molecule has 0 saturated carbocycles. The average Bonchev–Trinajstić information content (AvgIpc) is 2.93. The van der Waals surface area contributed by atoms with E-state index in [9.17, 15) is 4.79 Å². The second kappa shape index (κ2) is 11.6. The fraction of sp³-hybridized carbons (Fsp3) is 0.810. The van der Waals surface area contributed by atoms with Crippen molar-refractivity contribution in [1.82, 2.24) is 4.98 Å². The van der Waals surface area contributed by atoms with Gasteiger partial charge in [0, 0.05) is 0 Å². The topological polar surface area (TPSA) is 51.2 Å². The Hall–Kier alpha value is -0.301. The molecule has 0 saturated heterocycles. The number of amides is 1. The molecule has 0 aliphatic rings. The molecule has 1 aromatic heterocycles. The van der Waals surface area contributed by atoms with Crippen LogP contribution < -0.4 is 8.21 Å². The van der Waals surface area contributed by atoms with Gasteiger partial charge in [-0.2, -0.15) is 0 Å². The molecular weight excluding hydrogens is 463 g/mol. The molecule has 0 unspecified atom stereocenters. The number of hydrogen-bond donors (Lipinski definition) is 1. The molecule has 4 nitrogen and oxygen atoms in total. The van der Waals surface area contributed by atoms with E-state index in [-0.39, 0.29) is 0 Å². The number of ether oxygens (including phenoxy) is 1. The van der Waals surface area contributed by atoms with Crippen molar-refractivity contribution in [3.8, 4) is 0 Å². The number of anilines is 1. The second-order valence-corrected chi connectivity index (χ2v) is 23.7. The standard InChI is InChI=1S/C9H13N2O2S.3C4H9.Sn/c1-6-5-14-7(10-6)11-8(12)13-9(2,3)4;3*1-3-4-2;/h1-4H3,(H,10,11,12);3*1,3-4H2,2H3;. The van der Waals surface area contributed by atoms with Gasteiger partial charge in [0.05, 0.1) is 0 Å². The molecule has 0 bridgehead atoms. The van der Waals surface area contributed by atoms with Gasteiger partial charge in [0.25, 0.3) is 0 Å². The van der Waals surface area contributed by atoms with E-state index in [2.05, 4.69) is 33.0 Å². The second-order valence-electron chi connectivity index (χ2n) is 8.65. The first-order valence-electron chi connectivity index (χ1n) is 10.6. The third kappa shape index (κ3) is 8.30. The molecule has 0 radical (unpaired) electrons. The van der Waals surface area contributed by atoms with Crippen molar-refractivity contribution >= 4 is 43.8 Å². The first-order valence-corrected chi connectivity index (χ1v) is 18.9. The summed E-state index contributed by atoms with van der Waals surface area (Å²) in [6.45, 7) is 14.7. The Balaban J connectivity index is 3.12. The number of nitrogens with zero attached hydrogens (tertiary/aromatic N) is 1. The van der Waals surface area contributed by atoms with Crippen LogP contribution in [0.2, 0.25) is 13.3 Å². The van der Waals surface area contributed by atoms with Crippen LogP contribution in [-0.4, -0.2) is 35.1 Å². The molecule has 1 rings (SSSR count). The van der Waals surface area contributed by atoms with Crippen LogP contribution in [0.25, 0.3) is 0 Å². The summed E-state index contributed by atoms with van der Waals surface area (Å²) in [7, 11) is 0. The Bertz CT molecular complexity index is 559. The maximum absolute atomic E-state index is 12.2. The van der Waals surface area contributed by atoms with Crippen LogP contribution in [-0.2, 0) is 4.74 Å². The minimum absolute atomic E-state index is 0.403. The Kier molecular flexibility index (Phi) is 10.7. The van der Waals surface area contributed by atoms with Gasteiger partial charge in [-0.3, -0.25) is 0 Å². The summed E-state index contributed by atoms with van der Waals surface area (Å²) in [5, 5.41) is 3.59.